The maximum Gasteiger partial charge on any atom is 0.0948 e. The van der Waals surface area contributed by atoms with Crippen LogP contribution in [0.4, 0.5) is 0 Å². The SMILES string of the molecule is CCC1OC12CCCCCCC2. The van der Waals surface area contributed by atoms with Crippen molar-refractivity contribution < 1.29 is 4.74 Å². The van der Waals surface area contributed by atoms with E-state index in [4.69, 9.17) is 4.74 Å². The quantitative estimate of drug-likeness (QED) is 0.547. The van der Waals surface area contributed by atoms with Crippen LogP contribution in [0.3, 0.4) is 0 Å². The second kappa shape index (κ2) is 3.37. The van der Waals surface area contributed by atoms with Crippen LogP contribution in [0.25, 0.3) is 0 Å². The van der Waals surface area contributed by atoms with Gasteiger partial charge in [-0.3, -0.25) is 0 Å². The fraction of sp³-hybridized carbons (Fsp3) is 1.00. The van der Waals surface area contributed by atoms with Crippen LogP contribution in [-0.4, -0.2) is 11.7 Å². The van der Waals surface area contributed by atoms with Gasteiger partial charge in [-0.05, 0) is 19.3 Å². The predicted molar refractivity (Wildman–Crippen MR) is 50.2 cm³/mol. The summed E-state index contributed by atoms with van der Waals surface area (Å²) in [7, 11) is 0. The minimum atomic E-state index is 0.370. The van der Waals surface area contributed by atoms with Gasteiger partial charge in [-0.15, -0.1) is 0 Å². The molecule has 0 aromatic rings. The predicted octanol–water partition coefficient (Wildman–Crippen LogP) is 3.28. The summed E-state index contributed by atoms with van der Waals surface area (Å²) in [5, 5.41) is 0. The van der Waals surface area contributed by atoms with Crippen LogP contribution in [0.5, 0.6) is 0 Å². The Kier molecular flexibility index (Phi) is 2.40. The molecule has 0 radical (unpaired) electrons. The molecule has 0 N–H and O–H groups in total. The molecule has 0 bridgehead atoms. The molecule has 70 valence electrons. The molecule has 1 saturated carbocycles. The zero-order valence-electron chi connectivity index (χ0n) is 8.14. The standard InChI is InChI=1S/C11H20O/c1-2-10-11(12-10)8-6-4-3-5-7-9-11/h10H,2-9H2,1H3. The summed E-state index contributed by atoms with van der Waals surface area (Å²) < 4.78 is 5.83. The first kappa shape index (κ1) is 8.55. The second-order valence-electron chi connectivity index (χ2n) is 4.35. The minimum absolute atomic E-state index is 0.370. The van der Waals surface area contributed by atoms with Gasteiger partial charge in [0.2, 0.25) is 0 Å². The number of hydrogen-bond donors (Lipinski definition) is 0. The maximum absolute atomic E-state index is 5.83. The number of epoxide rings is 1. The van der Waals surface area contributed by atoms with Gasteiger partial charge in [0.1, 0.15) is 0 Å². The van der Waals surface area contributed by atoms with Gasteiger partial charge in [0, 0.05) is 0 Å². The van der Waals surface area contributed by atoms with E-state index in [-0.39, 0.29) is 0 Å². The fourth-order valence-electron chi connectivity index (χ4n) is 2.65. The first-order valence-corrected chi connectivity index (χ1v) is 5.55. The van der Waals surface area contributed by atoms with Crippen molar-refractivity contribution in [3.8, 4) is 0 Å². The molecule has 1 aliphatic heterocycles. The lowest BCUT2D eigenvalue weighted by Gasteiger charge is -2.15. The lowest BCUT2D eigenvalue weighted by atomic mass is 9.88. The molecule has 1 heterocycles. The Bertz CT molecular complexity index is 145. The third kappa shape index (κ3) is 1.52. The van der Waals surface area contributed by atoms with Crippen LogP contribution >= 0.6 is 0 Å². The van der Waals surface area contributed by atoms with E-state index in [1.807, 2.05) is 0 Å². The summed E-state index contributed by atoms with van der Waals surface area (Å²) in [4.78, 5) is 0. The van der Waals surface area contributed by atoms with E-state index in [9.17, 15) is 0 Å². The van der Waals surface area contributed by atoms with Crippen LogP contribution in [-0.2, 0) is 4.74 Å². The van der Waals surface area contributed by atoms with Crippen LogP contribution in [0.15, 0.2) is 0 Å². The van der Waals surface area contributed by atoms with Crippen molar-refractivity contribution in [1.82, 2.24) is 0 Å². The molecule has 2 fully saturated rings. The van der Waals surface area contributed by atoms with Gasteiger partial charge in [-0.25, -0.2) is 0 Å². The zero-order valence-corrected chi connectivity index (χ0v) is 8.14. The Labute approximate surface area is 75.5 Å². The average Bonchev–Trinajstić information content (AvgIpc) is 2.73. The highest BCUT2D eigenvalue weighted by Crippen LogP contribution is 2.47. The van der Waals surface area contributed by atoms with Crippen molar-refractivity contribution in [1.29, 1.82) is 0 Å². The summed E-state index contributed by atoms with van der Waals surface area (Å²) in [6.07, 6.45) is 11.6. The molecule has 1 spiro atoms. The van der Waals surface area contributed by atoms with E-state index in [0.717, 1.165) is 0 Å². The van der Waals surface area contributed by atoms with Crippen molar-refractivity contribution >= 4 is 0 Å². The molecular weight excluding hydrogens is 148 g/mol. The Hall–Kier alpha value is -0.0400. The molecular formula is C11H20O. The van der Waals surface area contributed by atoms with Gasteiger partial charge in [0.05, 0.1) is 11.7 Å². The fourth-order valence-corrected chi connectivity index (χ4v) is 2.65. The Morgan fingerprint density at radius 1 is 1.08 bits per heavy atom. The van der Waals surface area contributed by atoms with Gasteiger partial charge in [-0.2, -0.15) is 0 Å². The van der Waals surface area contributed by atoms with Crippen molar-refractivity contribution in [3.63, 3.8) is 0 Å². The van der Waals surface area contributed by atoms with Gasteiger partial charge in [-0.1, -0.05) is 39.0 Å². The van der Waals surface area contributed by atoms with Gasteiger partial charge in [0.25, 0.3) is 0 Å². The van der Waals surface area contributed by atoms with Crippen molar-refractivity contribution in [2.45, 2.75) is 70.0 Å². The first-order valence-electron chi connectivity index (χ1n) is 5.55. The van der Waals surface area contributed by atoms with E-state index in [1.165, 1.54) is 51.4 Å². The van der Waals surface area contributed by atoms with Crippen molar-refractivity contribution in [2.75, 3.05) is 0 Å². The van der Waals surface area contributed by atoms with Gasteiger partial charge < -0.3 is 4.74 Å². The summed E-state index contributed by atoms with van der Waals surface area (Å²) in [6.45, 7) is 2.25. The first-order chi connectivity index (χ1) is 5.87. The smallest absolute Gasteiger partial charge is 0.0948 e. The molecule has 12 heavy (non-hydrogen) atoms. The number of hydrogen-bond acceptors (Lipinski definition) is 1. The highest BCUT2D eigenvalue weighted by Gasteiger charge is 2.53. The second-order valence-corrected chi connectivity index (χ2v) is 4.35. The third-order valence-electron chi connectivity index (χ3n) is 3.48. The molecule has 2 aliphatic rings. The lowest BCUT2D eigenvalue weighted by molar-refractivity contribution is 0.246. The molecule has 1 atom stereocenters. The molecule has 1 heteroatoms. The van der Waals surface area contributed by atoms with E-state index < -0.39 is 0 Å². The summed E-state index contributed by atoms with van der Waals surface area (Å²) >= 11 is 0. The summed E-state index contributed by atoms with van der Waals surface area (Å²) in [5.74, 6) is 0. The highest BCUT2D eigenvalue weighted by molar-refractivity contribution is 5.01. The van der Waals surface area contributed by atoms with Crippen LogP contribution in [0.1, 0.15) is 58.3 Å². The van der Waals surface area contributed by atoms with Crippen LogP contribution < -0.4 is 0 Å². The number of rotatable bonds is 1. The van der Waals surface area contributed by atoms with E-state index in [1.54, 1.807) is 0 Å². The molecule has 0 amide bonds. The molecule has 1 saturated heterocycles. The molecule has 0 aromatic heterocycles. The topological polar surface area (TPSA) is 12.5 Å². The van der Waals surface area contributed by atoms with E-state index in [2.05, 4.69) is 6.92 Å². The van der Waals surface area contributed by atoms with Crippen molar-refractivity contribution in [2.24, 2.45) is 0 Å². The molecule has 1 aliphatic carbocycles. The van der Waals surface area contributed by atoms with Crippen LogP contribution in [0.2, 0.25) is 0 Å². The number of ether oxygens (including phenoxy) is 1. The highest BCUT2D eigenvalue weighted by atomic mass is 16.6. The Morgan fingerprint density at radius 3 is 2.17 bits per heavy atom. The van der Waals surface area contributed by atoms with Crippen molar-refractivity contribution in [3.05, 3.63) is 0 Å². The third-order valence-corrected chi connectivity index (χ3v) is 3.48. The molecule has 1 unspecified atom stereocenters. The maximum atomic E-state index is 5.83. The normalized spacial score (nSPS) is 34.2. The average molecular weight is 168 g/mol. The molecule has 1 nitrogen and oxygen atoms in total. The lowest BCUT2D eigenvalue weighted by Crippen LogP contribution is -2.16. The molecule has 0 aromatic carbocycles. The zero-order chi connectivity index (χ0) is 8.44. The Morgan fingerprint density at radius 2 is 1.67 bits per heavy atom. The van der Waals surface area contributed by atoms with E-state index >= 15 is 0 Å². The summed E-state index contributed by atoms with van der Waals surface area (Å²) in [6, 6.07) is 0. The monoisotopic (exact) mass is 168 g/mol. The van der Waals surface area contributed by atoms with E-state index in [0.29, 0.717) is 11.7 Å². The van der Waals surface area contributed by atoms with Gasteiger partial charge >= 0.3 is 0 Å². The van der Waals surface area contributed by atoms with Crippen LogP contribution in [0, 0.1) is 0 Å². The Balaban J connectivity index is 1.87. The van der Waals surface area contributed by atoms with Gasteiger partial charge in [0.15, 0.2) is 0 Å². The molecule has 2 rings (SSSR count). The summed E-state index contributed by atoms with van der Waals surface area (Å²) in [5.41, 5.74) is 0.370. The minimum Gasteiger partial charge on any atom is -0.366 e. The largest absolute Gasteiger partial charge is 0.366 e.